The van der Waals surface area contributed by atoms with Crippen molar-refractivity contribution in [3.63, 3.8) is 0 Å². The molecule has 3 aromatic heterocycles. The Balaban J connectivity index is 1.51. The molecule has 1 aromatic carbocycles. The summed E-state index contributed by atoms with van der Waals surface area (Å²) in [6, 6.07) is 16.2. The molecule has 4 heterocycles. The van der Waals surface area contributed by atoms with Gasteiger partial charge in [-0.15, -0.1) is 0 Å². The van der Waals surface area contributed by atoms with E-state index in [-0.39, 0.29) is 0 Å². The molecular weight excluding hydrogens is 444 g/mol. The average Bonchev–Trinajstić information content (AvgIpc) is 3.35. The minimum absolute atomic E-state index is 0.307. The van der Waals surface area contributed by atoms with E-state index in [2.05, 4.69) is 21.0 Å². The summed E-state index contributed by atoms with van der Waals surface area (Å²) in [4.78, 5) is 16.0. The van der Waals surface area contributed by atoms with E-state index in [0.717, 1.165) is 22.5 Å². The Morgan fingerprint density at radius 1 is 1.00 bits per heavy atom. The Bertz CT molecular complexity index is 1270. The van der Waals surface area contributed by atoms with Crippen LogP contribution in [0.2, 0.25) is 0 Å². The van der Waals surface area contributed by atoms with Gasteiger partial charge in [-0.25, -0.2) is 0 Å². The highest BCUT2D eigenvalue weighted by Crippen LogP contribution is 2.38. The fourth-order valence-electron chi connectivity index (χ4n) is 4.04. The highest BCUT2D eigenvalue weighted by molar-refractivity contribution is 5.77. The van der Waals surface area contributed by atoms with Crippen molar-refractivity contribution in [1.29, 1.82) is 0 Å². The predicted octanol–water partition coefficient (Wildman–Crippen LogP) is 3.41. The molecule has 1 saturated heterocycles. The first-order valence-electron chi connectivity index (χ1n) is 11.6. The van der Waals surface area contributed by atoms with Crippen molar-refractivity contribution in [3.8, 4) is 34.3 Å². The summed E-state index contributed by atoms with van der Waals surface area (Å²) >= 11 is 0. The van der Waals surface area contributed by atoms with Crippen LogP contribution in [0.25, 0.3) is 22.5 Å². The van der Waals surface area contributed by atoms with Crippen LogP contribution in [0.4, 0.5) is 5.82 Å². The van der Waals surface area contributed by atoms with Gasteiger partial charge in [0.05, 0.1) is 32.6 Å². The monoisotopic (exact) mass is 472 g/mol. The zero-order chi connectivity index (χ0) is 24.0. The normalized spacial score (nSPS) is 13.6. The summed E-state index contributed by atoms with van der Waals surface area (Å²) in [5.74, 6) is 1.32. The molecule has 0 spiro atoms. The number of aryl methyl sites for hydroxylation is 1. The quantitative estimate of drug-likeness (QED) is 0.386. The van der Waals surface area contributed by atoms with Crippen molar-refractivity contribution in [2.75, 3.05) is 44.9 Å². The van der Waals surface area contributed by atoms with E-state index < -0.39 is 0 Å². The summed E-state index contributed by atoms with van der Waals surface area (Å²) in [5.41, 5.74) is 4.42. The SMILES string of the molecule is COc1c(-c2cccc(-c3ccn(C)n3)c2)nc(OCCc2ccccn2)nc1N1CCOCC1. The van der Waals surface area contributed by atoms with Crippen LogP contribution in [0.15, 0.2) is 60.9 Å². The number of ether oxygens (including phenoxy) is 3. The number of morpholine rings is 1. The van der Waals surface area contributed by atoms with Crippen molar-refractivity contribution >= 4 is 5.82 Å². The number of aromatic nitrogens is 5. The maximum Gasteiger partial charge on any atom is 0.319 e. The van der Waals surface area contributed by atoms with Gasteiger partial charge in [0.1, 0.15) is 5.69 Å². The van der Waals surface area contributed by atoms with E-state index in [0.29, 0.717) is 62.6 Å². The molecule has 0 amide bonds. The highest BCUT2D eigenvalue weighted by atomic mass is 16.5. The molecule has 180 valence electrons. The van der Waals surface area contributed by atoms with Crippen molar-refractivity contribution in [2.24, 2.45) is 7.05 Å². The standard InChI is InChI=1S/C26H28N6O3/c1-31-12-9-22(30-31)19-6-5-7-20(18-19)23-24(33-2)25(32-13-16-34-17-14-32)29-26(28-23)35-15-10-21-8-3-4-11-27-21/h3-9,11-12,18H,10,13-17H2,1-2H3. The highest BCUT2D eigenvalue weighted by Gasteiger charge is 2.24. The second-order valence-electron chi connectivity index (χ2n) is 8.19. The van der Waals surface area contributed by atoms with E-state index >= 15 is 0 Å². The number of anilines is 1. The number of hydrogen-bond acceptors (Lipinski definition) is 8. The molecule has 1 fully saturated rings. The molecule has 0 saturated carbocycles. The molecule has 0 N–H and O–H groups in total. The number of nitrogens with zero attached hydrogens (tertiary/aromatic N) is 6. The van der Waals surface area contributed by atoms with Crippen LogP contribution in [0.1, 0.15) is 5.69 Å². The first-order valence-corrected chi connectivity index (χ1v) is 11.6. The lowest BCUT2D eigenvalue weighted by molar-refractivity contribution is 0.122. The molecule has 1 aliphatic rings. The maximum absolute atomic E-state index is 6.03. The fourth-order valence-corrected chi connectivity index (χ4v) is 4.04. The van der Waals surface area contributed by atoms with E-state index in [1.165, 1.54) is 0 Å². The molecule has 0 aliphatic carbocycles. The summed E-state index contributed by atoms with van der Waals surface area (Å²) in [6.45, 7) is 3.11. The van der Waals surface area contributed by atoms with Crippen LogP contribution in [0.3, 0.4) is 0 Å². The van der Waals surface area contributed by atoms with Gasteiger partial charge in [0.2, 0.25) is 0 Å². The Morgan fingerprint density at radius 2 is 1.86 bits per heavy atom. The second kappa shape index (κ2) is 10.5. The lowest BCUT2D eigenvalue weighted by atomic mass is 10.0. The molecule has 4 aromatic rings. The zero-order valence-electron chi connectivity index (χ0n) is 19.9. The van der Waals surface area contributed by atoms with Crippen LogP contribution < -0.4 is 14.4 Å². The van der Waals surface area contributed by atoms with Gasteiger partial charge in [0, 0.05) is 55.8 Å². The van der Waals surface area contributed by atoms with E-state index in [9.17, 15) is 0 Å². The third-order valence-electron chi connectivity index (χ3n) is 5.80. The van der Waals surface area contributed by atoms with Crippen molar-refractivity contribution < 1.29 is 14.2 Å². The number of methoxy groups -OCH3 is 1. The van der Waals surface area contributed by atoms with Crippen molar-refractivity contribution in [3.05, 3.63) is 66.6 Å². The average molecular weight is 473 g/mol. The smallest absolute Gasteiger partial charge is 0.319 e. The Labute approximate surface area is 204 Å². The van der Waals surface area contributed by atoms with Gasteiger partial charge in [-0.05, 0) is 24.3 Å². The molecule has 0 atom stereocenters. The summed E-state index contributed by atoms with van der Waals surface area (Å²) in [7, 11) is 3.56. The third-order valence-corrected chi connectivity index (χ3v) is 5.80. The Hall–Kier alpha value is -3.98. The summed E-state index contributed by atoms with van der Waals surface area (Å²) in [6.07, 6.45) is 4.37. The summed E-state index contributed by atoms with van der Waals surface area (Å²) < 4.78 is 19.2. The van der Waals surface area contributed by atoms with Gasteiger partial charge >= 0.3 is 6.01 Å². The Kier molecular flexibility index (Phi) is 6.85. The van der Waals surface area contributed by atoms with Gasteiger partial charge in [0.15, 0.2) is 11.6 Å². The van der Waals surface area contributed by atoms with E-state index in [1.807, 2.05) is 55.7 Å². The maximum atomic E-state index is 6.03. The second-order valence-corrected chi connectivity index (χ2v) is 8.19. The topological polar surface area (TPSA) is 87.4 Å². The molecule has 5 rings (SSSR count). The summed E-state index contributed by atoms with van der Waals surface area (Å²) in [5, 5.41) is 4.54. The van der Waals surface area contributed by atoms with Gasteiger partial charge < -0.3 is 19.1 Å². The first-order chi connectivity index (χ1) is 17.2. The van der Waals surface area contributed by atoms with Crippen molar-refractivity contribution in [2.45, 2.75) is 6.42 Å². The minimum Gasteiger partial charge on any atom is -0.491 e. The fraction of sp³-hybridized carbons (Fsp3) is 0.308. The van der Waals surface area contributed by atoms with Gasteiger partial charge in [0.25, 0.3) is 0 Å². The van der Waals surface area contributed by atoms with Gasteiger partial charge in [-0.2, -0.15) is 15.1 Å². The van der Waals surface area contributed by atoms with Crippen LogP contribution in [0.5, 0.6) is 11.8 Å². The molecule has 9 heteroatoms. The van der Waals surface area contributed by atoms with Crippen LogP contribution in [0, 0.1) is 0 Å². The van der Waals surface area contributed by atoms with E-state index in [1.54, 1.807) is 18.0 Å². The Morgan fingerprint density at radius 3 is 2.60 bits per heavy atom. The van der Waals surface area contributed by atoms with Gasteiger partial charge in [-0.1, -0.05) is 24.3 Å². The molecule has 9 nitrogen and oxygen atoms in total. The number of rotatable bonds is 8. The number of pyridine rings is 1. The largest absolute Gasteiger partial charge is 0.491 e. The van der Waals surface area contributed by atoms with Crippen LogP contribution in [-0.2, 0) is 18.2 Å². The predicted molar refractivity (Wildman–Crippen MR) is 133 cm³/mol. The first kappa shape index (κ1) is 22.8. The minimum atomic E-state index is 0.307. The molecular formula is C26H28N6O3. The van der Waals surface area contributed by atoms with E-state index in [4.69, 9.17) is 24.2 Å². The molecule has 0 unspecified atom stereocenters. The molecule has 1 aliphatic heterocycles. The molecule has 0 bridgehead atoms. The third kappa shape index (κ3) is 5.25. The van der Waals surface area contributed by atoms with Crippen molar-refractivity contribution in [1.82, 2.24) is 24.7 Å². The zero-order valence-corrected chi connectivity index (χ0v) is 19.9. The number of hydrogen-bond donors (Lipinski definition) is 0. The molecule has 0 radical (unpaired) electrons. The van der Waals surface area contributed by atoms with Crippen LogP contribution in [-0.4, -0.2) is 64.8 Å². The molecule has 35 heavy (non-hydrogen) atoms. The van der Waals surface area contributed by atoms with Crippen LogP contribution >= 0.6 is 0 Å². The number of benzene rings is 1. The lowest BCUT2D eigenvalue weighted by Gasteiger charge is -2.29. The lowest BCUT2D eigenvalue weighted by Crippen LogP contribution is -2.37. The van der Waals surface area contributed by atoms with Gasteiger partial charge in [-0.3, -0.25) is 9.67 Å².